The predicted molar refractivity (Wildman–Crippen MR) is 57.8 cm³/mol. The Labute approximate surface area is 105 Å². The number of rotatable bonds is 3. The normalized spacial score (nSPS) is 31.0. The predicted octanol–water partition coefficient (Wildman–Crippen LogP) is -1.33. The highest BCUT2D eigenvalue weighted by molar-refractivity contribution is 4.93. The zero-order valence-corrected chi connectivity index (χ0v) is 9.57. The van der Waals surface area contributed by atoms with Gasteiger partial charge in [-0.3, -0.25) is 14.3 Å². The van der Waals surface area contributed by atoms with Gasteiger partial charge in [-0.2, -0.15) is 0 Å². The van der Waals surface area contributed by atoms with Crippen LogP contribution in [0.25, 0.3) is 0 Å². The fraction of sp³-hybridized carbons (Fsp3) is 0.600. The Morgan fingerprint density at radius 1 is 1.47 bits per heavy atom. The van der Waals surface area contributed by atoms with Gasteiger partial charge in [0.05, 0.1) is 18.6 Å². The summed E-state index contributed by atoms with van der Waals surface area (Å²) < 4.78 is 31.4. The average molecular weight is 278 g/mol. The van der Waals surface area contributed by atoms with Gasteiger partial charge in [0.15, 0.2) is 6.23 Å². The first-order valence-electron chi connectivity index (χ1n) is 5.49. The van der Waals surface area contributed by atoms with Gasteiger partial charge in [-0.05, 0) is 0 Å². The van der Waals surface area contributed by atoms with Gasteiger partial charge in [0.2, 0.25) is 6.43 Å². The molecule has 0 bridgehead atoms. The van der Waals surface area contributed by atoms with Crippen molar-refractivity contribution in [2.45, 2.75) is 24.9 Å². The molecular weight excluding hydrogens is 266 g/mol. The zero-order valence-electron chi connectivity index (χ0n) is 9.57. The smallest absolute Gasteiger partial charge is 0.330 e. The van der Waals surface area contributed by atoms with Gasteiger partial charge in [-0.25, -0.2) is 13.6 Å². The number of H-pyrrole nitrogens is 1. The van der Waals surface area contributed by atoms with Crippen LogP contribution in [0, 0.1) is 5.92 Å². The van der Waals surface area contributed by atoms with E-state index in [4.69, 9.17) is 9.84 Å². The van der Waals surface area contributed by atoms with Crippen molar-refractivity contribution in [2.75, 3.05) is 6.61 Å². The van der Waals surface area contributed by atoms with Gasteiger partial charge in [-0.1, -0.05) is 0 Å². The van der Waals surface area contributed by atoms with Gasteiger partial charge >= 0.3 is 5.69 Å². The third kappa shape index (κ3) is 2.44. The first-order chi connectivity index (χ1) is 8.95. The van der Waals surface area contributed by atoms with E-state index in [0.29, 0.717) is 0 Å². The van der Waals surface area contributed by atoms with E-state index in [1.165, 1.54) is 0 Å². The molecule has 1 aromatic heterocycles. The van der Waals surface area contributed by atoms with Gasteiger partial charge in [-0.15, -0.1) is 0 Å². The number of aromatic nitrogens is 2. The summed E-state index contributed by atoms with van der Waals surface area (Å²) in [5.74, 6) is -1.60. The molecule has 0 aliphatic carbocycles. The van der Waals surface area contributed by atoms with Crippen LogP contribution < -0.4 is 11.2 Å². The number of aromatic amines is 1. The van der Waals surface area contributed by atoms with Crippen LogP contribution in [0.1, 0.15) is 6.23 Å². The first-order valence-corrected chi connectivity index (χ1v) is 5.49. The van der Waals surface area contributed by atoms with E-state index in [2.05, 4.69) is 0 Å². The SMILES string of the molecule is O=c1ccn([C@@H]2O[C@H](CO)[C@@H](C(F)F)[C@H]2O)c(=O)[nH]1. The van der Waals surface area contributed by atoms with Crippen molar-refractivity contribution in [3.63, 3.8) is 0 Å². The minimum absolute atomic E-state index is 0.655. The summed E-state index contributed by atoms with van der Waals surface area (Å²) in [6, 6.07) is 1.00. The molecule has 106 valence electrons. The van der Waals surface area contributed by atoms with Crippen molar-refractivity contribution in [2.24, 2.45) is 5.92 Å². The Hall–Kier alpha value is -1.58. The number of hydrogen-bond acceptors (Lipinski definition) is 5. The van der Waals surface area contributed by atoms with Crippen molar-refractivity contribution in [1.82, 2.24) is 9.55 Å². The summed E-state index contributed by atoms with van der Waals surface area (Å²) in [6.07, 6.45) is -6.19. The molecule has 9 heteroatoms. The van der Waals surface area contributed by atoms with Crippen molar-refractivity contribution >= 4 is 0 Å². The molecule has 0 amide bonds. The minimum Gasteiger partial charge on any atom is -0.394 e. The molecule has 1 aliphatic rings. The van der Waals surface area contributed by atoms with Crippen molar-refractivity contribution in [3.8, 4) is 0 Å². The van der Waals surface area contributed by atoms with E-state index < -0.39 is 48.6 Å². The van der Waals surface area contributed by atoms with E-state index in [1.54, 1.807) is 0 Å². The molecule has 0 radical (unpaired) electrons. The quantitative estimate of drug-likeness (QED) is 0.635. The molecule has 1 saturated heterocycles. The summed E-state index contributed by atoms with van der Waals surface area (Å²) >= 11 is 0. The highest BCUT2D eigenvalue weighted by atomic mass is 19.3. The molecule has 0 saturated carbocycles. The highest BCUT2D eigenvalue weighted by Crippen LogP contribution is 2.36. The molecule has 3 N–H and O–H groups in total. The summed E-state index contributed by atoms with van der Waals surface area (Å²) in [5.41, 5.74) is -1.54. The third-order valence-electron chi connectivity index (χ3n) is 3.03. The van der Waals surface area contributed by atoms with Crippen LogP contribution in [-0.2, 0) is 4.74 Å². The molecule has 19 heavy (non-hydrogen) atoms. The van der Waals surface area contributed by atoms with Crippen LogP contribution in [0.15, 0.2) is 21.9 Å². The Bertz CT molecular complexity index is 557. The lowest BCUT2D eigenvalue weighted by Gasteiger charge is -2.18. The number of nitrogens with zero attached hydrogens (tertiary/aromatic N) is 1. The molecule has 1 fully saturated rings. The van der Waals surface area contributed by atoms with Crippen molar-refractivity contribution < 1.29 is 23.7 Å². The van der Waals surface area contributed by atoms with E-state index in [0.717, 1.165) is 16.8 Å². The van der Waals surface area contributed by atoms with Crippen LogP contribution in [0.3, 0.4) is 0 Å². The number of aliphatic hydroxyl groups excluding tert-OH is 2. The van der Waals surface area contributed by atoms with Crippen molar-refractivity contribution in [1.29, 1.82) is 0 Å². The monoisotopic (exact) mass is 278 g/mol. The van der Waals surface area contributed by atoms with Gasteiger partial charge < -0.3 is 14.9 Å². The average Bonchev–Trinajstić information content (AvgIpc) is 2.66. The summed E-state index contributed by atoms with van der Waals surface area (Å²) in [7, 11) is 0. The maximum absolute atomic E-state index is 12.8. The topological polar surface area (TPSA) is 105 Å². The van der Waals surface area contributed by atoms with Gasteiger partial charge in [0.1, 0.15) is 6.10 Å². The van der Waals surface area contributed by atoms with E-state index >= 15 is 0 Å². The molecule has 0 aromatic carbocycles. The number of hydrogen-bond donors (Lipinski definition) is 3. The molecule has 1 aromatic rings. The molecule has 4 atom stereocenters. The largest absolute Gasteiger partial charge is 0.394 e. The third-order valence-corrected chi connectivity index (χ3v) is 3.03. The summed E-state index contributed by atoms with van der Waals surface area (Å²) in [5, 5.41) is 18.8. The second kappa shape index (κ2) is 5.19. The lowest BCUT2D eigenvalue weighted by Crippen LogP contribution is -2.37. The molecule has 2 heterocycles. The minimum atomic E-state index is -2.91. The van der Waals surface area contributed by atoms with Crippen molar-refractivity contribution in [3.05, 3.63) is 33.1 Å². The molecule has 0 spiro atoms. The molecule has 0 unspecified atom stereocenters. The van der Waals surface area contributed by atoms with Gasteiger partial charge in [0.25, 0.3) is 5.56 Å². The summed E-state index contributed by atoms with van der Waals surface area (Å²) in [6.45, 7) is -0.708. The number of halogens is 2. The Morgan fingerprint density at radius 2 is 2.16 bits per heavy atom. The zero-order chi connectivity index (χ0) is 14.2. The lowest BCUT2D eigenvalue weighted by molar-refractivity contribution is -0.0560. The Balaban J connectivity index is 2.36. The Morgan fingerprint density at radius 3 is 2.63 bits per heavy atom. The second-order valence-electron chi connectivity index (χ2n) is 4.17. The molecular formula is C10H12F2N2O5. The molecule has 7 nitrogen and oxygen atoms in total. The van der Waals surface area contributed by atoms with Crippen LogP contribution in [-0.4, -0.2) is 45.0 Å². The van der Waals surface area contributed by atoms with E-state index in [1.807, 2.05) is 4.98 Å². The van der Waals surface area contributed by atoms with E-state index in [9.17, 15) is 23.5 Å². The number of aliphatic hydroxyl groups is 2. The standard InChI is InChI=1S/C10H12F2N2O5/c11-8(12)6-4(3-15)19-9(7(6)17)14-2-1-5(16)13-10(14)18/h1-2,4,6-9,15,17H,3H2,(H,13,16,18)/t4-,6-,7-,9-/m1/s1. The maximum Gasteiger partial charge on any atom is 0.330 e. The van der Waals surface area contributed by atoms with Crippen LogP contribution in [0.2, 0.25) is 0 Å². The van der Waals surface area contributed by atoms with Crippen LogP contribution >= 0.6 is 0 Å². The van der Waals surface area contributed by atoms with E-state index in [-0.39, 0.29) is 0 Å². The fourth-order valence-electron chi connectivity index (χ4n) is 2.09. The fourth-order valence-corrected chi connectivity index (χ4v) is 2.09. The highest BCUT2D eigenvalue weighted by Gasteiger charge is 2.49. The van der Waals surface area contributed by atoms with Crippen LogP contribution in [0.5, 0.6) is 0 Å². The molecule has 1 aliphatic heterocycles. The lowest BCUT2D eigenvalue weighted by atomic mass is 9.99. The summed E-state index contributed by atoms with van der Waals surface area (Å²) in [4.78, 5) is 24.3. The number of ether oxygens (including phenoxy) is 1. The first kappa shape index (κ1) is 13.8. The number of nitrogens with one attached hydrogen (secondary N) is 1. The maximum atomic E-state index is 12.8. The van der Waals surface area contributed by atoms with Crippen LogP contribution in [0.4, 0.5) is 8.78 Å². The number of alkyl halides is 2. The Kier molecular flexibility index (Phi) is 3.78. The van der Waals surface area contributed by atoms with Gasteiger partial charge in [0, 0.05) is 12.3 Å². The second-order valence-corrected chi connectivity index (χ2v) is 4.17. The molecule has 2 rings (SSSR count).